The Bertz CT molecular complexity index is 388. The Kier molecular flexibility index (Phi) is 4.54. The number of hydrogen-bond donors (Lipinski definition) is 0. The molecule has 0 saturated heterocycles. The number of nitrogens with zero attached hydrogens (tertiary/aromatic N) is 1. The zero-order valence-electron chi connectivity index (χ0n) is 10.2. The molecule has 0 unspecified atom stereocenters. The Morgan fingerprint density at radius 3 is 2.50 bits per heavy atom. The average molecular weight is 284 g/mol. The molecule has 0 fully saturated rings. The van der Waals surface area contributed by atoms with Crippen LogP contribution < -0.4 is 4.90 Å². The monoisotopic (exact) mass is 283 g/mol. The summed E-state index contributed by atoms with van der Waals surface area (Å²) in [5, 5.41) is 0. The second-order valence-electron chi connectivity index (χ2n) is 4.10. The molecule has 0 saturated carbocycles. The highest BCUT2D eigenvalue weighted by molar-refractivity contribution is 9.10. The van der Waals surface area contributed by atoms with Crippen molar-refractivity contribution in [1.82, 2.24) is 0 Å². The van der Waals surface area contributed by atoms with E-state index in [4.69, 9.17) is 0 Å². The van der Waals surface area contributed by atoms with Crippen molar-refractivity contribution in [3.63, 3.8) is 0 Å². The summed E-state index contributed by atoms with van der Waals surface area (Å²) in [6.45, 7) is 8.88. The van der Waals surface area contributed by atoms with Crippen LogP contribution in [-0.2, 0) is 0 Å². The highest BCUT2D eigenvalue weighted by atomic mass is 79.9. The van der Waals surface area contributed by atoms with Crippen LogP contribution in [0.5, 0.6) is 0 Å². The molecule has 1 rings (SSSR count). The minimum absolute atomic E-state index is 0.107. The summed E-state index contributed by atoms with van der Waals surface area (Å²) in [5.74, 6) is 0.107. The van der Waals surface area contributed by atoms with Gasteiger partial charge in [0.25, 0.3) is 0 Å². The minimum atomic E-state index is 0.107. The molecular weight excluding hydrogens is 266 g/mol. The molecule has 0 aromatic heterocycles. The van der Waals surface area contributed by atoms with Gasteiger partial charge in [-0.2, -0.15) is 0 Å². The summed E-state index contributed by atoms with van der Waals surface area (Å²) in [5.41, 5.74) is 1.80. The number of benzene rings is 1. The number of halogens is 1. The first-order chi connectivity index (χ1) is 7.47. The highest BCUT2D eigenvalue weighted by Gasteiger charge is 2.15. The second kappa shape index (κ2) is 5.48. The zero-order valence-corrected chi connectivity index (χ0v) is 11.8. The van der Waals surface area contributed by atoms with Gasteiger partial charge in [-0.3, -0.25) is 4.79 Å². The Morgan fingerprint density at radius 2 is 2.06 bits per heavy atom. The molecule has 0 aliphatic rings. The molecule has 0 atom stereocenters. The van der Waals surface area contributed by atoms with Crippen LogP contribution in [-0.4, -0.2) is 18.4 Å². The molecular formula is C13H18BrNO. The van der Waals surface area contributed by atoms with Gasteiger partial charge in [0, 0.05) is 28.3 Å². The third kappa shape index (κ3) is 2.85. The van der Waals surface area contributed by atoms with E-state index in [1.807, 2.05) is 18.2 Å². The summed E-state index contributed by atoms with van der Waals surface area (Å²) in [6, 6.07) is 6.27. The van der Waals surface area contributed by atoms with Gasteiger partial charge in [-0.1, -0.05) is 15.9 Å². The lowest BCUT2D eigenvalue weighted by atomic mass is 10.1. The molecule has 3 heteroatoms. The van der Waals surface area contributed by atoms with Crippen LogP contribution in [0.2, 0.25) is 0 Å². The number of anilines is 1. The van der Waals surface area contributed by atoms with E-state index in [9.17, 15) is 4.79 Å². The van der Waals surface area contributed by atoms with Gasteiger partial charge in [0.15, 0.2) is 5.78 Å². The van der Waals surface area contributed by atoms with Crippen molar-refractivity contribution in [3.8, 4) is 0 Å². The van der Waals surface area contributed by atoms with Gasteiger partial charge in [0.05, 0.1) is 0 Å². The summed E-state index contributed by atoms with van der Waals surface area (Å²) in [7, 11) is 0. The van der Waals surface area contributed by atoms with Crippen molar-refractivity contribution in [3.05, 3.63) is 28.2 Å². The molecule has 1 aromatic rings. The maximum Gasteiger partial charge on any atom is 0.161 e. The molecule has 16 heavy (non-hydrogen) atoms. The van der Waals surface area contributed by atoms with Gasteiger partial charge < -0.3 is 4.90 Å². The molecule has 0 aliphatic heterocycles. The van der Waals surface area contributed by atoms with Crippen LogP contribution in [0, 0.1) is 0 Å². The SMILES string of the molecule is CCN(c1ccc(Br)cc1C(C)=O)C(C)C. The number of hydrogen-bond acceptors (Lipinski definition) is 2. The van der Waals surface area contributed by atoms with Crippen molar-refractivity contribution >= 4 is 27.4 Å². The van der Waals surface area contributed by atoms with Crippen LogP contribution >= 0.6 is 15.9 Å². The highest BCUT2D eigenvalue weighted by Crippen LogP contribution is 2.26. The standard InChI is InChI=1S/C13H18BrNO/c1-5-15(9(2)3)13-7-6-11(14)8-12(13)10(4)16/h6-9H,5H2,1-4H3. The van der Waals surface area contributed by atoms with Crippen LogP contribution in [0.3, 0.4) is 0 Å². The van der Waals surface area contributed by atoms with E-state index < -0.39 is 0 Å². The minimum Gasteiger partial charge on any atom is -0.369 e. The predicted octanol–water partition coefficient (Wildman–Crippen LogP) is 3.89. The Balaban J connectivity index is 3.26. The lowest BCUT2D eigenvalue weighted by molar-refractivity contribution is 0.101. The number of carbonyl (C=O) groups is 1. The first-order valence-corrected chi connectivity index (χ1v) is 6.33. The summed E-state index contributed by atoms with van der Waals surface area (Å²) in [6.07, 6.45) is 0. The van der Waals surface area contributed by atoms with E-state index in [0.29, 0.717) is 6.04 Å². The third-order valence-corrected chi connectivity index (χ3v) is 3.10. The van der Waals surface area contributed by atoms with E-state index in [1.54, 1.807) is 6.92 Å². The van der Waals surface area contributed by atoms with Crippen LogP contribution in [0.4, 0.5) is 5.69 Å². The van der Waals surface area contributed by atoms with E-state index in [0.717, 1.165) is 22.3 Å². The molecule has 0 N–H and O–H groups in total. The van der Waals surface area contributed by atoms with E-state index in [-0.39, 0.29) is 5.78 Å². The van der Waals surface area contributed by atoms with Crippen molar-refractivity contribution < 1.29 is 4.79 Å². The normalized spacial score (nSPS) is 10.6. The summed E-state index contributed by atoms with van der Waals surface area (Å²) >= 11 is 3.40. The largest absolute Gasteiger partial charge is 0.369 e. The van der Waals surface area contributed by atoms with E-state index >= 15 is 0 Å². The Labute approximate surface area is 106 Å². The van der Waals surface area contributed by atoms with Gasteiger partial charge in [0.2, 0.25) is 0 Å². The predicted molar refractivity (Wildman–Crippen MR) is 72.3 cm³/mol. The fraction of sp³-hybridized carbons (Fsp3) is 0.462. The molecule has 88 valence electrons. The van der Waals surface area contributed by atoms with Gasteiger partial charge in [0.1, 0.15) is 0 Å². The fourth-order valence-corrected chi connectivity index (χ4v) is 2.22. The first-order valence-electron chi connectivity index (χ1n) is 5.54. The first kappa shape index (κ1) is 13.2. The number of carbonyl (C=O) groups excluding carboxylic acids is 1. The molecule has 0 amide bonds. The van der Waals surface area contributed by atoms with Crippen molar-refractivity contribution in [2.45, 2.75) is 33.7 Å². The molecule has 0 heterocycles. The van der Waals surface area contributed by atoms with Crippen molar-refractivity contribution in [1.29, 1.82) is 0 Å². The lowest BCUT2D eigenvalue weighted by Crippen LogP contribution is -2.31. The van der Waals surface area contributed by atoms with Crippen LogP contribution in [0.15, 0.2) is 22.7 Å². The van der Waals surface area contributed by atoms with E-state index in [2.05, 4.69) is 41.6 Å². The smallest absolute Gasteiger partial charge is 0.161 e. The van der Waals surface area contributed by atoms with Crippen molar-refractivity contribution in [2.75, 3.05) is 11.4 Å². The van der Waals surface area contributed by atoms with E-state index in [1.165, 1.54) is 0 Å². The average Bonchev–Trinajstić information content (AvgIpc) is 2.20. The van der Waals surface area contributed by atoms with Crippen LogP contribution in [0.1, 0.15) is 38.1 Å². The maximum atomic E-state index is 11.6. The second-order valence-corrected chi connectivity index (χ2v) is 5.01. The summed E-state index contributed by atoms with van der Waals surface area (Å²) < 4.78 is 0.946. The molecule has 0 bridgehead atoms. The molecule has 0 radical (unpaired) electrons. The van der Waals surface area contributed by atoms with Gasteiger partial charge >= 0.3 is 0 Å². The Morgan fingerprint density at radius 1 is 1.44 bits per heavy atom. The molecule has 2 nitrogen and oxygen atoms in total. The molecule has 0 aliphatic carbocycles. The fourth-order valence-electron chi connectivity index (χ4n) is 1.85. The van der Waals surface area contributed by atoms with Crippen molar-refractivity contribution in [2.24, 2.45) is 0 Å². The quantitative estimate of drug-likeness (QED) is 0.782. The molecule has 1 aromatic carbocycles. The van der Waals surface area contributed by atoms with Crippen LogP contribution in [0.25, 0.3) is 0 Å². The maximum absolute atomic E-state index is 11.6. The zero-order chi connectivity index (χ0) is 12.3. The Hall–Kier alpha value is -0.830. The number of ketones is 1. The van der Waals surface area contributed by atoms with Gasteiger partial charge in [-0.05, 0) is 45.9 Å². The van der Waals surface area contributed by atoms with Gasteiger partial charge in [-0.15, -0.1) is 0 Å². The number of Topliss-reactive ketones (excluding diaryl/α,β-unsaturated/α-hetero) is 1. The number of rotatable bonds is 4. The third-order valence-electron chi connectivity index (χ3n) is 2.61. The topological polar surface area (TPSA) is 20.3 Å². The lowest BCUT2D eigenvalue weighted by Gasteiger charge is -2.29. The molecule has 0 spiro atoms. The summed E-state index contributed by atoms with van der Waals surface area (Å²) in [4.78, 5) is 13.8. The van der Waals surface area contributed by atoms with Gasteiger partial charge in [-0.25, -0.2) is 0 Å².